The number of thioether (sulfide) groups is 1. The molecule has 1 unspecified atom stereocenters. The second-order valence-electron chi connectivity index (χ2n) is 6.01. The van der Waals surface area contributed by atoms with Crippen molar-refractivity contribution in [2.24, 2.45) is 5.92 Å². The molecule has 1 saturated carbocycles. The van der Waals surface area contributed by atoms with Gasteiger partial charge < -0.3 is 5.32 Å². The molecule has 0 aliphatic heterocycles. The Morgan fingerprint density at radius 2 is 1.68 bits per heavy atom. The van der Waals surface area contributed by atoms with Crippen LogP contribution in [0.4, 0.5) is 0 Å². The van der Waals surface area contributed by atoms with E-state index in [4.69, 9.17) is 0 Å². The van der Waals surface area contributed by atoms with Gasteiger partial charge in [-0.15, -0.1) is 0 Å². The van der Waals surface area contributed by atoms with Gasteiger partial charge in [-0.25, -0.2) is 0 Å². The number of nitrogens with one attached hydrogen (secondary N) is 1. The quantitative estimate of drug-likeness (QED) is 0.841. The fraction of sp³-hybridized carbons (Fsp3) is 0.647. The van der Waals surface area contributed by atoms with E-state index >= 15 is 0 Å². The van der Waals surface area contributed by atoms with Crippen LogP contribution >= 0.6 is 11.8 Å². The van der Waals surface area contributed by atoms with Crippen molar-refractivity contribution in [3.63, 3.8) is 0 Å². The minimum absolute atomic E-state index is 0.497. The third-order valence-electron chi connectivity index (χ3n) is 4.25. The van der Waals surface area contributed by atoms with Crippen molar-refractivity contribution in [1.82, 2.24) is 5.32 Å². The molecule has 1 nitrogen and oxygen atoms in total. The molecule has 0 aromatic heterocycles. The van der Waals surface area contributed by atoms with Gasteiger partial charge in [-0.1, -0.05) is 44.2 Å². The van der Waals surface area contributed by atoms with E-state index in [1.807, 2.05) is 11.8 Å². The van der Waals surface area contributed by atoms with Crippen molar-refractivity contribution in [2.75, 3.05) is 6.26 Å². The lowest BCUT2D eigenvalue weighted by Gasteiger charge is -2.33. The van der Waals surface area contributed by atoms with Gasteiger partial charge >= 0.3 is 0 Å². The van der Waals surface area contributed by atoms with E-state index in [9.17, 15) is 0 Å². The molecule has 106 valence electrons. The van der Waals surface area contributed by atoms with Gasteiger partial charge in [0.25, 0.3) is 0 Å². The van der Waals surface area contributed by atoms with Crippen molar-refractivity contribution >= 4 is 11.8 Å². The van der Waals surface area contributed by atoms with Gasteiger partial charge in [-0.3, -0.25) is 0 Å². The monoisotopic (exact) mass is 277 g/mol. The van der Waals surface area contributed by atoms with Crippen LogP contribution in [0.25, 0.3) is 0 Å². The van der Waals surface area contributed by atoms with E-state index in [1.54, 1.807) is 0 Å². The van der Waals surface area contributed by atoms with E-state index in [2.05, 4.69) is 55.8 Å². The molecular weight excluding hydrogens is 250 g/mol. The molecule has 0 amide bonds. The highest BCUT2D eigenvalue weighted by atomic mass is 32.2. The molecule has 0 bridgehead atoms. The first-order valence-electron chi connectivity index (χ1n) is 7.54. The second-order valence-corrected chi connectivity index (χ2v) is 7.15. The molecule has 1 aromatic carbocycles. The highest BCUT2D eigenvalue weighted by Gasteiger charge is 2.24. The van der Waals surface area contributed by atoms with E-state index in [1.165, 1.54) is 31.2 Å². The van der Waals surface area contributed by atoms with Crippen molar-refractivity contribution in [2.45, 2.75) is 56.9 Å². The summed E-state index contributed by atoms with van der Waals surface area (Å²) in [5.41, 5.74) is 1.43. The largest absolute Gasteiger partial charge is 0.307 e. The highest BCUT2D eigenvalue weighted by molar-refractivity contribution is 7.99. The lowest BCUT2D eigenvalue weighted by Crippen LogP contribution is -2.38. The van der Waals surface area contributed by atoms with Gasteiger partial charge in [0.2, 0.25) is 0 Å². The first-order chi connectivity index (χ1) is 9.20. The summed E-state index contributed by atoms with van der Waals surface area (Å²) < 4.78 is 0. The van der Waals surface area contributed by atoms with Gasteiger partial charge in [0, 0.05) is 17.3 Å². The Bertz CT molecular complexity index is 355. The summed E-state index contributed by atoms with van der Waals surface area (Å²) >= 11 is 2.04. The van der Waals surface area contributed by atoms with Crippen LogP contribution < -0.4 is 5.32 Å². The predicted molar refractivity (Wildman–Crippen MR) is 86.7 cm³/mol. The Hall–Kier alpha value is -0.470. The van der Waals surface area contributed by atoms with E-state index in [-0.39, 0.29) is 0 Å². The van der Waals surface area contributed by atoms with Crippen LogP contribution in [-0.2, 0) is 0 Å². The normalized spacial score (nSPS) is 25.5. The maximum absolute atomic E-state index is 3.91. The van der Waals surface area contributed by atoms with E-state index in [0.717, 1.165) is 5.25 Å². The molecule has 2 heteroatoms. The number of rotatable bonds is 5. The second kappa shape index (κ2) is 7.35. The Balaban J connectivity index is 1.95. The number of hydrogen-bond donors (Lipinski definition) is 1. The third kappa shape index (κ3) is 4.25. The summed E-state index contributed by atoms with van der Waals surface area (Å²) in [5, 5.41) is 4.80. The van der Waals surface area contributed by atoms with Crippen LogP contribution in [0.5, 0.6) is 0 Å². The molecule has 0 heterocycles. The van der Waals surface area contributed by atoms with Crippen LogP contribution in [0.15, 0.2) is 30.3 Å². The van der Waals surface area contributed by atoms with Gasteiger partial charge in [-0.2, -0.15) is 11.8 Å². The van der Waals surface area contributed by atoms with Crippen molar-refractivity contribution < 1.29 is 0 Å². The fourth-order valence-electron chi connectivity index (χ4n) is 3.05. The summed E-state index contributed by atoms with van der Waals surface area (Å²) in [6.07, 6.45) is 7.67. The SMILES string of the molecule is CSC1CCC(NC(c2ccccc2)C(C)C)CC1. The smallest absolute Gasteiger partial charge is 0.0345 e. The molecular formula is C17H27NS. The standard InChI is InChI=1S/C17H27NS/c1-13(2)17(14-7-5-4-6-8-14)18-15-9-11-16(19-3)12-10-15/h4-8,13,15-18H,9-12H2,1-3H3. The van der Waals surface area contributed by atoms with Crippen LogP contribution in [-0.4, -0.2) is 17.5 Å². The van der Waals surface area contributed by atoms with Crippen LogP contribution in [0, 0.1) is 5.92 Å². The highest BCUT2D eigenvalue weighted by Crippen LogP contribution is 2.30. The Labute approximate surface area is 122 Å². The van der Waals surface area contributed by atoms with Gasteiger partial charge in [0.15, 0.2) is 0 Å². The summed E-state index contributed by atoms with van der Waals surface area (Å²) in [6, 6.07) is 12.1. The lowest BCUT2D eigenvalue weighted by atomic mass is 9.90. The third-order valence-corrected chi connectivity index (χ3v) is 5.39. The minimum Gasteiger partial charge on any atom is -0.307 e. The summed E-state index contributed by atoms with van der Waals surface area (Å²) in [6.45, 7) is 4.64. The van der Waals surface area contributed by atoms with Gasteiger partial charge in [-0.05, 0) is 43.4 Å². The zero-order valence-electron chi connectivity index (χ0n) is 12.4. The Morgan fingerprint density at radius 3 is 2.21 bits per heavy atom. The van der Waals surface area contributed by atoms with Crippen molar-refractivity contribution in [3.8, 4) is 0 Å². The summed E-state index contributed by atoms with van der Waals surface area (Å²) in [4.78, 5) is 0. The topological polar surface area (TPSA) is 12.0 Å². The molecule has 1 aromatic rings. The maximum atomic E-state index is 3.91. The zero-order valence-corrected chi connectivity index (χ0v) is 13.2. The van der Waals surface area contributed by atoms with Crippen LogP contribution in [0.2, 0.25) is 0 Å². The molecule has 1 aliphatic carbocycles. The van der Waals surface area contributed by atoms with Crippen LogP contribution in [0.3, 0.4) is 0 Å². The maximum Gasteiger partial charge on any atom is 0.0345 e. The van der Waals surface area contributed by atoms with Crippen molar-refractivity contribution in [3.05, 3.63) is 35.9 Å². The summed E-state index contributed by atoms with van der Waals surface area (Å²) in [5.74, 6) is 0.640. The first kappa shape index (κ1) is 14.9. The van der Waals surface area contributed by atoms with Crippen LogP contribution in [0.1, 0.15) is 51.1 Å². The molecule has 2 rings (SSSR count). The number of benzene rings is 1. The molecule has 0 radical (unpaired) electrons. The fourth-order valence-corrected chi connectivity index (χ4v) is 3.80. The average Bonchev–Trinajstić information content (AvgIpc) is 2.46. The molecule has 1 fully saturated rings. The Morgan fingerprint density at radius 1 is 1.05 bits per heavy atom. The van der Waals surface area contributed by atoms with E-state index < -0.39 is 0 Å². The average molecular weight is 277 g/mol. The van der Waals surface area contributed by atoms with Crippen molar-refractivity contribution in [1.29, 1.82) is 0 Å². The zero-order chi connectivity index (χ0) is 13.7. The molecule has 19 heavy (non-hydrogen) atoms. The minimum atomic E-state index is 0.497. The molecule has 1 N–H and O–H groups in total. The Kier molecular flexibility index (Phi) is 5.77. The molecule has 1 atom stereocenters. The van der Waals surface area contributed by atoms with E-state index in [0.29, 0.717) is 18.0 Å². The first-order valence-corrected chi connectivity index (χ1v) is 8.83. The lowest BCUT2D eigenvalue weighted by molar-refractivity contribution is 0.304. The molecule has 0 saturated heterocycles. The molecule has 1 aliphatic rings. The number of hydrogen-bond acceptors (Lipinski definition) is 2. The predicted octanol–water partition coefficient (Wildman–Crippen LogP) is 4.65. The summed E-state index contributed by atoms with van der Waals surface area (Å²) in [7, 11) is 0. The van der Waals surface area contributed by atoms with Gasteiger partial charge in [0.1, 0.15) is 0 Å². The molecule has 0 spiro atoms. The van der Waals surface area contributed by atoms with Gasteiger partial charge in [0.05, 0.1) is 0 Å².